The summed E-state index contributed by atoms with van der Waals surface area (Å²) in [6.07, 6.45) is 3.67. The average Bonchev–Trinajstić information content (AvgIpc) is 0.780. The number of carboxylic acid groups (broad SMARTS) is 3. The van der Waals surface area contributed by atoms with Crippen LogP contribution in [0.15, 0.2) is 99.2 Å². The first-order valence-electron chi connectivity index (χ1n) is 36.6. The summed E-state index contributed by atoms with van der Waals surface area (Å²) in [5.74, 6) is -1.63. The second kappa shape index (κ2) is 47.8. The molecule has 0 spiro atoms. The van der Waals surface area contributed by atoms with Gasteiger partial charge in [-0.1, -0.05) is 318 Å². The zero-order valence-corrected chi connectivity index (χ0v) is 86.7. The van der Waals surface area contributed by atoms with Crippen molar-refractivity contribution < 1.29 is 197 Å². The second-order valence-corrected chi connectivity index (χ2v) is 45.0. The Morgan fingerprint density at radius 1 is 0.250 bits per heavy atom. The largest absolute Gasteiger partial charge is 0.741 e. The van der Waals surface area contributed by atoms with Crippen molar-refractivity contribution in [2.75, 3.05) is 0 Å². The fourth-order valence-corrected chi connectivity index (χ4v) is 11.7. The number of ketones is 1. The van der Waals surface area contributed by atoms with Crippen LogP contribution in [0.4, 0.5) is 0 Å². The molecule has 0 atom stereocenters. The van der Waals surface area contributed by atoms with Crippen LogP contribution in [-0.4, -0.2) is 133 Å². The van der Waals surface area contributed by atoms with E-state index in [1.54, 1.807) is 0 Å². The number of rotatable bonds is 12. The van der Waals surface area contributed by atoms with Crippen LogP contribution in [0.25, 0.3) is 0 Å². The summed E-state index contributed by atoms with van der Waals surface area (Å²) < 4.78 is 21.2. The molecule has 23 nitrogen and oxygen atoms in total. The third-order valence-corrected chi connectivity index (χ3v) is 17.9. The van der Waals surface area contributed by atoms with E-state index in [-0.39, 0.29) is 158 Å². The van der Waals surface area contributed by atoms with E-state index in [1.165, 1.54) is 6.08 Å². The van der Waals surface area contributed by atoms with Gasteiger partial charge in [0.15, 0.2) is 0 Å². The minimum absolute atomic E-state index is 0. The van der Waals surface area contributed by atoms with E-state index in [4.69, 9.17) is 33.0 Å². The standard InChI is InChI=1S/4C18H32O4Si.C4H5O.3C3H4O2.4Ti/c4*1-16(2,3)12-10-13(17(4,5)6)15(22-23(19,20)21)14(11-12)18(7,8)9;1-3-4(2)5;3*1-2-3(4)5;;;;/h4*10-11,19-21H,1-9H3;3H,1-2H2;3*2H,1H2,(H,4,5);;;;/q;;;;-1;;;;;;;. The fraction of sp³-hybridized carbons (Fsp3) is 0.565. The number of aliphatic carboxylic acids is 3. The second-order valence-electron chi connectivity index (χ2n) is 39.6. The van der Waals surface area contributed by atoms with E-state index in [9.17, 15) is 76.7 Å². The van der Waals surface area contributed by atoms with Gasteiger partial charge in [0.1, 0.15) is 23.0 Å². The Bertz CT molecular complexity index is 3170. The molecule has 0 unspecified atom stereocenters. The predicted octanol–water partition coefficient (Wildman–Crippen LogP) is 14.8. The van der Waals surface area contributed by atoms with Gasteiger partial charge in [0.2, 0.25) is 0 Å². The van der Waals surface area contributed by atoms with Crippen molar-refractivity contribution in [3.63, 3.8) is 0 Å². The minimum Gasteiger partial charge on any atom is -0.480 e. The van der Waals surface area contributed by atoms with Crippen LogP contribution in [0.5, 0.6) is 23.0 Å². The molecule has 15 N–H and O–H groups in total. The van der Waals surface area contributed by atoms with Crippen molar-refractivity contribution in [1.29, 1.82) is 0 Å². The molecule has 0 aliphatic carbocycles. The molecular formula is C85H145O23Si4Ti4-. The minimum atomic E-state index is -4.68. The normalized spacial score (nSPS) is 12.3. The summed E-state index contributed by atoms with van der Waals surface area (Å²) in [6.45, 7) is 89.8. The Morgan fingerprint density at radius 3 is 0.379 bits per heavy atom. The van der Waals surface area contributed by atoms with Crippen LogP contribution in [0.2, 0.25) is 0 Å². The summed E-state index contributed by atoms with van der Waals surface area (Å²) in [5.41, 5.74) is 9.19. The molecule has 4 aromatic rings. The number of benzene rings is 4. The van der Waals surface area contributed by atoms with Crippen LogP contribution in [0, 0.1) is 6.92 Å². The SMILES string of the molecule is C=CC(=O)O.C=CC(=O)O.C=CC(=O)O.C=CC([CH2-])=O.CC(C)(C)c1cc(C(C)(C)C)c(O[Si](O)(O)O)c(C(C)(C)C)c1.CC(C)(C)c1cc(C(C)(C)C)c(O[Si](O)(O)O)c(C(C)(C)C)c1.CC(C)(C)c1cc(C(C)(C)C)c(O[Si](O)(O)O)c(C(C)(C)C)c1.CC(C)(C)c1cc(C(C)(C)C)c(O[Si](O)(O)O)c(C(C)(C)C)c1.[Ti].[Ti].[Ti].[Ti]. The summed E-state index contributed by atoms with van der Waals surface area (Å²) in [5, 5.41) is 22.8. The summed E-state index contributed by atoms with van der Waals surface area (Å²) in [6, 6.07) is 16.4. The van der Waals surface area contributed by atoms with E-state index in [2.05, 4.69) is 116 Å². The van der Waals surface area contributed by atoms with Gasteiger partial charge in [-0.2, -0.15) is 19.6 Å². The molecule has 0 saturated heterocycles. The van der Waals surface area contributed by atoms with Crippen molar-refractivity contribution in [1.82, 2.24) is 0 Å². The van der Waals surface area contributed by atoms with Crippen molar-refractivity contribution in [2.24, 2.45) is 0 Å². The zero-order valence-electron chi connectivity index (χ0n) is 76.4. The Balaban J connectivity index is -0.000000204. The molecule has 0 aliphatic rings. The van der Waals surface area contributed by atoms with Gasteiger partial charge < -0.3 is 95.4 Å². The van der Waals surface area contributed by atoms with Crippen LogP contribution >= 0.6 is 0 Å². The predicted molar refractivity (Wildman–Crippen MR) is 456 cm³/mol. The summed E-state index contributed by atoms with van der Waals surface area (Å²) >= 11 is 0. The first-order chi connectivity index (χ1) is 48.8. The van der Waals surface area contributed by atoms with Gasteiger partial charge in [0, 0.05) is 111 Å². The van der Waals surface area contributed by atoms with Gasteiger partial charge in [0.05, 0.1) is 0 Å². The van der Waals surface area contributed by atoms with Gasteiger partial charge >= 0.3 is 54.1 Å². The van der Waals surface area contributed by atoms with Crippen molar-refractivity contribution >= 4 is 59.9 Å². The molecule has 0 heterocycles. The quantitative estimate of drug-likeness (QED) is 0.0356. The molecule has 0 fully saturated rings. The molecule has 0 radical (unpaired) electrons. The number of hydrogen-bond acceptors (Lipinski definition) is 20. The molecule has 0 amide bonds. The van der Waals surface area contributed by atoms with Crippen LogP contribution < -0.4 is 17.7 Å². The van der Waals surface area contributed by atoms with Crippen molar-refractivity contribution in [3.8, 4) is 23.0 Å². The Morgan fingerprint density at radius 2 is 0.336 bits per heavy atom. The van der Waals surface area contributed by atoms with E-state index < -0.39 is 54.1 Å². The first-order valence-corrected chi connectivity index (χ1v) is 43.6. The Kier molecular flexibility index (Phi) is 52.6. The smallest absolute Gasteiger partial charge is 0.480 e. The first kappa shape index (κ1) is 128. The van der Waals surface area contributed by atoms with Crippen molar-refractivity contribution in [3.05, 3.63) is 173 Å². The molecule has 31 heteroatoms. The summed E-state index contributed by atoms with van der Waals surface area (Å²) in [4.78, 5) is 151. The maximum absolute atomic E-state index is 9.58. The molecule has 4 aromatic carbocycles. The third-order valence-electron chi connectivity index (χ3n) is 16.0. The van der Waals surface area contributed by atoms with Gasteiger partial charge in [0.25, 0.3) is 0 Å². The Labute approximate surface area is 760 Å². The maximum Gasteiger partial charge on any atom is 0.741 e. The van der Waals surface area contributed by atoms with Crippen LogP contribution in [-0.2, 0) is 171 Å². The number of allylic oxidation sites excluding steroid dienone is 1. The van der Waals surface area contributed by atoms with Gasteiger partial charge in [-0.25, -0.2) is 14.4 Å². The number of hydrogen-bond donors (Lipinski definition) is 15. The van der Waals surface area contributed by atoms with Crippen LogP contribution in [0.1, 0.15) is 316 Å². The number of carboxylic acids is 3. The monoisotopic (exact) mass is 1840 g/mol. The molecular weight excluding hydrogens is 1690 g/mol. The van der Waals surface area contributed by atoms with Gasteiger partial charge in [-0.3, -0.25) is 0 Å². The van der Waals surface area contributed by atoms with Crippen molar-refractivity contribution in [2.45, 2.75) is 314 Å². The Hall–Kier alpha value is -3.77. The van der Waals surface area contributed by atoms with Gasteiger partial charge in [-0.05, 0) is 132 Å². The number of carbonyl (C=O) groups is 4. The molecule has 4 rings (SSSR count). The van der Waals surface area contributed by atoms with Crippen LogP contribution in [0.3, 0.4) is 0 Å². The molecule has 0 aliphatic heterocycles. The topological polar surface area (TPSA) is 409 Å². The third kappa shape index (κ3) is 51.2. The maximum atomic E-state index is 9.58. The van der Waals surface area contributed by atoms with Gasteiger partial charge in [-0.15, -0.1) is 0 Å². The zero-order chi connectivity index (χ0) is 90.9. The average molecular weight is 1840 g/mol. The van der Waals surface area contributed by atoms with E-state index in [0.29, 0.717) is 23.0 Å². The molecule has 0 aromatic heterocycles. The summed E-state index contributed by atoms with van der Waals surface area (Å²) in [7, 11) is -18.7. The molecule has 0 saturated carbocycles. The van der Waals surface area contributed by atoms with E-state index in [1.807, 2.05) is 215 Å². The fourth-order valence-electron chi connectivity index (χ4n) is 9.69. The molecule has 656 valence electrons. The van der Waals surface area contributed by atoms with E-state index >= 15 is 0 Å². The molecule has 116 heavy (non-hydrogen) atoms. The number of carbonyl (C=O) groups excluding carboxylic acids is 1. The molecule has 0 bridgehead atoms. The van der Waals surface area contributed by atoms with E-state index in [0.717, 1.165) is 85.0 Å².